The number of nitrogen functional groups attached to an aromatic ring is 1. The first-order valence-electron chi connectivity index (χ1n) is 9.32. The molecule has 0 aliphatic heterocycles. The Balaban J connectivity index is 2.29. The number of hydrogen-bond donors (Lipinski definition) is 3. The van der Waals surface area contributed by atoms with Crippen LogP contribution in [0.3, 0.4) is 0 Å². The van der Waals surface area contributed by atoms with E-state index in [1.54, 1.807) is 77.9 Å². The Bertz CT molecular complexity index is 896. The first-order valence-corrected chi connectivity index (χ1v) is 9.32. The molecule has 0 heterocycles. The fourth-order valence-electron chi connectivity index (χ4n) is 2.51. The van der Waals surface area contributed by atoms with Gasteiger partial charge in [0.25, 0.3) is 0 Å². The lowest BCUT2D eigenvalue weighted by molar-refractivity contribution is 0.0624. The molecule has 0 aliphatic rings. The third kappa shape index (κ3) is 7.37. The van der Waals surface area contributed by atoms with E-state index in [4.69, 9.17) is 15.2 Å². The predicted molar refractivity (Wildman–Crippen MR) is 116 cm³/mol. The van der Waals surface area contributed by atoms with Gasteiger partial charge >= 0.3 is 12.2 Å². The SMILES string of the molecule is CC(C)(C)OC(=O)Nc1cccc(-c2cc(N)ccc2NC(=O)OC(C)(C)C)c1. The Hall–Kier alpha value is -3.22. The lowest BCUT2D eigenvalue weighted by atomic mass is 10.0. The first-order chi connectivity index (χ1) is 13.3. The Kier molecular flexibility index (Phi) is 6.41. The smallest absolute Gasteiger partial charge is 0.412 e. The van der Waals surface area contributed by atoms with Crippen LogP contribution in [0, 0.1) is 0 Å². The Morgan fingerprint density at radius 2 is 1.41 bits per heavy atom. The van der Waals surface area contributed by atoms with E-state index in [0.717, 1.165) is 5.56 Å². The summed E-state index contributed by atoms with van der Waals surface area (Å²) in [5.41, 5.74) is 7.84. The maximum absolute atomic E-state index is 12.2. The van der Waals surface area contributed by atoms with Crippen LogP contribution in [0.5, 0.6) is 0 Å². The zero-order chi connectivity index (χ0) is 21.8. The average Bonchev–Trinajstić information content (AvgIpc) is 2.53. The van der Waals surface area contributed by atoms with Gasteiger partial charge in [-0.05, 0) is 77.4 Å². The molecule has 2 aromatic carbocycles. The van der Waals surface area contributed by atoms with Gasteiger partial charge in [-0.25, -0.2) is 9.59 Å². The molecule has 7 nitrogen and oxygen atoms in total. The number of nitrogens with one attached hydrogen (secondary N) is 2. The van der Waals surface area contributed by atoms with Gasteiger partial charge in [-0.3, -0.25) is 10.6 Å². The van der Waals surface area contributed by atoms with E-state index in [1.807, 2.05) is 6.07 Å². The summed E-state index contributed by atoms with van der Waals surface area (Å²) in [4.78, 5) is 24.3. The zero-order valence-corrected chi connectivity index (χ0v) is 17.8. The van der Waals surface area contributed by atoms with Crippen LogP contribution in [0.2, 0.25) is 0 Å². The van der Waals surface area contributed by atoms with E-state index < -0.39 is 23.4 Å². The van der Waals surface area contributed by atoms with Crippen molar-refractivity contribution in [2.75, 3.05) is 16.4 Å². The Labute approximate surface area is 171 Å². The number of carbonyl (C=O) groups excluding carboxylic acids is 2. The first kappa shape index (κ1) is 22.1. The third-order valence-corrected chi connectivity index (χ3v) is 3.50. The Morgan fingerprint density at radius 3 is 2.00 bits per heavy atom. The highest BCUT2D eigenvalue weighted by atomic mass is 16.6. The largest absolute Gasteiger partial charge is 0.444 e. The highest BCUT2D eigenvalue weighted by Crippen LogP contribution is 2.32. The van der Waals surface area contributed by atoms with Crippen molar-refractivity contribution in [1.29, 1.82) is 0 Å². The van der Waals surface area contributed by atoms with Crippen LogP contribution in [0.1, 0.15) is 41.5 Å². The van der Waals surface area contributed by atoms with Crippen molar-refractivity contribution in [3.05, 3.63) is 42.5 Å². The molecular formula is C22H29N3O4. The molecule has 7 heteroatoms. The van der Waals surface area contributed by atoms with Crippen molar-refractivity contribution < 1.29 is 19.1 Å². The molecule has 0 aromatic heterocycles. The maximum atomic E-state index is 12.2. The highest BCUT2D eigenvalue weighted by molar-refractivity contribution is 5.94. The van der Waals surface area contributed by atoms with Gasteiger partial charge in [0, 0.05) is 16.9 Å². The van der Waals surface area contributed by atoms with Gasteiger partial charge in [-0.1, -0.05) is 12.1 Å². The number of nitrogens with two attached hydrogens (primary N) is 1. The number of benzene rings is 2. The summed E-state index contributed by atoms with van der Waals surface area (Å²) < 4.78 is 10.6. The van der Waals surface area contributed by atoms with E-state index in [2.05, 4.69) is 10.6 Å². The molecule has 0 unspecified atom stereocenters. The molecule has 0 spiro atoms. The van der Waals surface area contributed by atoms with Crippen molar-refractivity contribution in [2.45, 2.75) is 52.7 Å². The molecule has 2 rings (SSSR count). The normalized spacial score (nSPS) is 11.5. The van der Waals surface area contributed by atoms with E-state index >= 15 is 0 Å². The number of rotatable bonds is 3. The lowest BCUT2D eigenvalue weighted by Gasteiger charge is -2.21. The molecule has 0 bridgehead atoms. The molecule has 0 aliphatic carbocycles. The second-order valence-corrected chi connectivity index (χ2v) is 8.64. The summed E-state index contributed by atoms with van der Waals surface area (Å²) in [5, 5.41) is 5.47. The summed E-state index contributed by atoms with van der Waals surface area (Å²) in [7, 11) is 0. The van der Waals surface area contributed by atoms with Crippen LogP contribution in [-0.2, 0) is 9.47 Å². The summed E-state index contributed by atoms with van der Waals surface area (Å²) in [6, 6.07) is 12.3. The van der Waals surface area contributed by atoms with Crippen LogP contribution in [0.15, 0.2) is 42.5 Å². The van der Waals surface area contributed by atoms with Crippen LogP contribution >= 0.6 is 0 Å². The monoisotopic (exact) mass is 399 g/mol. The predicted octanol–water partition coefficient (Wildman–Crippen LogP) is 5.63. The minimum Gasteiger partial charge on any atom is -0.444 e. The summed E-state index contributed by atoms with van der Waals surface area (Å²) in [5.74, 6) is 0. The van der Waals surface area contributed by atoms with E-state index in [-0.39, 0.29) is 0 Å². The standard InChI is InChI=1S/C22H29N3O4/c1-21(2,3)28-19(26)24-16-9-7-8-14(12-16)17-13-15(23)10-11-18(17)25-20(27)29-22(4,5)6/h7-13H,23H2,1-6H3,(H,24,26)(H,25,27). The molecule has 0 fully saturated rings. The summed E-state index contributed by atoms with van der Waals surface area (Å²) >= 11 is 0. The minimum atomic E-state index is -0.616. The Morgan fingerprint density at radius 1 is 0.828 bits per heavy atom. The van der Waals surface area contributed by atoms with Crippen LogP contribution in [0.25, 0.3) is 11.1 Å². The maximum Gasteiger partial charge on any atom is 0.412 e. The average molecular weight is 399 g/mol. The fourth-order valence-corrected chi connectivity index (χ4v) is 2.51. The molecule has 2 amide bonds. The van der Waals surface area contributed by atoms with Gasteiger partial charge in [-0.15, -0.1) is 0 Å². The lowest BCUT2D eigenvalue weighted by Crippen LogP contribution is -2.27. The molecule has 2 aromatic rings. The van der Waals surface area contributed by atoms with Gasteiger partial charge in [0.1, 0.15) is 11.2 Å². The van der Waals surface area contributed by atoms with E-state index in [1.165, 1.54) is 0 Å². The van der Waals surface area contributed by atoms with Gasteiger partial charge in [0.05, 0.1) is 5.69 Å². The van der Waals surface area contributed by atoms with Gasteiger partial charge in [0.2, 0.25) is 0 Å². The fraction of sp³-hybridized carbons (Fsp3) is 0.364. The topological polar surface area (TPSA) is 103 Å². The van der Waals surface area contributed by atoms with Crippen molar-refractivity contribution in [1.82, 2.24) is 0 Å². The van der Waals surface area contributed by atoms with Crippen molar-refractivity contribution in [3.63, 3.8) is 0 Å². The molecule has 29 heavy (non-hydrogen) atoms. The number of anilines is 3. The van der Waals surface area contributed by atoms with Gasteiger partial charge in [-0.2, -0.15) is 0 Å². The molecule has 4 N–H and O–H groups in total. The quantitative estimate of drug-likeness (QED) is 0.580. The number of amides is 2. The van der Waals surface area contributed by atoms with Crippen LogP contribution in [0.4, 0.5) is 26.7 Å². The molecule has 0 saturated heterocycles. The second-order valence-electron chi connectivity index (χ2n) is 8.64. The molecule has 156 valence electrons. The van der Waals surface area contributed by atoms with Crippen LogP contribution in [-0.4, -0.2) is 23.4 Å². The summed E-state index contributed by atoms with van der Waals surface area (Å²) in [6.45, 7) is 10.8. The molecule has 0 atom stereocenters. The van der Waals surface area contributed by atoms with Crippen LogP contribution < -0.4 is 16.4 Å². The van der Waals surface area contributed by atoms with Crippen molar-refractivity contribution in [3.8, 4) is 11.1 Å². The van der Waals surface area contributed by atoms with Crippen molar-refractivity contribution in [2.24, 2.45) is 0 Å². The number of hydrogen-bond acceptors (Lipinski definition) is 5. The second kappa shape index (κ2) is 8.43. The van der Waals surface area contributed by atoms with Gasteiger partial charge in [0.15, 0.2) is 0 Å². The molecule has 0 radical (unpaired) electrons. The summed E-state index contributed by atoms with van der Waals surface area (Å²) in [6.07, 6.45) is -1.11. The highest BCUT2D eigenvalue weighted by Gasteiger charge is 2.19. The van der Waals surface area contributed by atoms with E-state index in [0.29, 0.717) is 22.6 Å². The molecule has 0 saturated carbocycles. The van der Waals surface area contributed by atoms with E-state index in [9.17, 15) is 9.59 Å². The third-order valence-electron chi connectivity index (χ3n) is 3.50. The zero-order valence-electron chi connectivity index (χ0n) is 17.8. The van der Waals surface area contributed by atoms with Crippen molar-refractivity contribution >= 4 is 29.2 Å². The number of carbonyl (C=O) groups is 2. The van der Waals surface area contributed by atoms with Gasteiger partial charge < -0.3 is 15.2 Å². The molecular weight excluding hydrogens is 370 g/mol. The number of ether oxygens (including phenoxy) is 2. The minimum absolute atomic E-state index is 0.542.